The first-order chi connectivity index (χ1) is 8.63. The quantitative estimate of drug-likeness (QED) is 0.921. The highest BCUT2D eigenvalue weighted by molar-refractivity contribution is 9.10. The third kappa shape index (κ3) is 2.76. The summed E-state index contributed by atoms with van der Waals surface area (Å²) in [6, 6.07) is 1.98. The summed E-state index contributed by atoms with van der Waals surface area (Å²) in [6.45, 7) is 2.96. The van der Waals surface area contributed by atoms with Crippen LogP contribution in [0.5, 0.6) is 0 Å². The van der Waals surface area contributed by atoms with Gasteiger partial charge in [0, 0.05) is 15.9 Å². The van der Waals surface area contributed by atoms with Crippen molar-refractivity contribution < 1.29 is 0 Å². The van der Waals surface area contributed by atoms with Crippen LogP contribution < -0.4 is 10.9 Å². The average Bonchev–Trinajstić information content (AvgIpc) is 2.77. The van der Waals surface area contributed by atoms with Crippen molar-refractivity contribution in [2.75, 3.05) is 5.32 Å². The lowest BCUT2D eigenvalue weighted by atomic mass is 10.4. The molecule has 2 aromatic rings. The van der Waals surface area contributed by atoms with Crippen LogP contribution in [0.3, 0.4) is 0 Å². The van der Waals surface area contributed by atoms with E-state index >= 15 is 0 Å². The zero-order chi connectivity index (χ0) is 13.1. The number of hydrogen-bond acceptors (Lipinski definition) is 4. The number of rotatable bonds is 4. The number of aryl methyl sites for hydroxylation is 1. The van der Waals surface area contributed by atoms with Crippen LogP contribution in [0.25, 0.3) is 0 Å². The summed E-state index contributed by atoms with van der Waals surface area (Å²) < 4.78 is 2.38. The zero-order valence-corrected chi connectivity index (χ0v) is 12.8. The molecule has 0 spiro atoms. The van der Waals surface area contributed by atoms with Gasteiger partial charge in [0.05, 0.1) is 18.4 Å². The standard InChI is InChI=1S/C11H11BrClN3OS/c1-2-16-11(17)10(13)8(5-15-16)14-6-9-7(12)3-4-18-9/h3-5,14H,2,6H2,1H3. The Bertz CT molecular complexity index is 611. The lowest BCUT2D eigenvalue weighted by Gasteiger charge is -2.08. The van der Waals surface area contributed by atoms with Crippen LogP contribution in [0.4, 0.5) is 5.69 Å². The van der Waals surface area contributed by atoms with E-state index in [1.54, 1.807) is 17.5 Å². The van der Waals surface area contributed by atoms with E-state index in [4.69, 9.17) is 11.6 Å². The van der Waals surface area contributed by atoms with E-state index < -0.39 is 0 Å². The third-order valence-corrected chi connectivity index (χ3v) is 4.71. The SMILES string of the molecule is CCn1ncc(NCc2sccc2Br)c(Cl)c1=O. The molecule has 2 heterocycles. The molecule has 96 valence electrons. The normalized spacial score (nSPS) is 10.6. The van der Waals surface area contributed by atoms with Crippen LogP contribution in [-0.4, -0.2) is 9.78 Å². The van der Waals surface area contributed by atoms with Crippen molar-refractivity contribution in [1.82, 2.24) is 9.78 Å². The molecule has 7 heteroatoms. The summed E-state index contributed by atoms with van der Waals surface area (Å²) >= 11 is 11.1. The maximum absolute atomic E-state index is 11.8. The van der Waals surface area contributed by atoms with Crippen LogP contribution in [0.2, 0.25) is 5.02 Å². The number of thiophene rings is 1. The highest BCUT2D eigenvalue weighted by Gasteiger charge is 2.09. The minimum absolute atomic E-state index is 0.180. The van der Waals surface area contributed by atoms with Gasteiger partial charge in [0.1, 0.15) is 5.02 Å². The van der Waals surface area contributed by atoms with Crippen LogP contribution in [0.15, 0.2) is 26.9 Å². The van der Waals surface area contributed by atoms with Gasteiger partial charge < -0.3 is 5.32 Å². The maximum Gasteiger partial charge on any atom is 0.287 e. The van der Waals surface area contributed by atoms with Crippen LogP contribution >= 0.6 is 38.9 Å². The average molecular weight is 349 g/mol. The predicted molar refractivity (Wildman–Crippen MR) is 78.5 cm³/mol. The molecule has 0 saturated carbocycles. The second-order valence-electron chi connectivity index (χ2n) is 3.54. The van der Waals surface area contributed by atoms with Gasteiger partial charge in [-0.2, -0.15) is 5.10 Å². The second kappa shape index (κ2) is 5.86. The first kappa shape index (κ1) is 13.6. The lowest BCUT2D eigenvalue weighted by molar-refractivity contribution is 0.616. The minimum Gasteiger partial charge on any atom is -0.377 e. The monoisotopic (exact) mass is 347 g/mol. The molecule has 0 aliphatic heterocycles. The van der Waals surface area contributed by atoms with Gasteiger partial charge in [-0.15, -0.1) is 11.3 Å². The molecule has 0 saturated heterocycles. The molecular weight excluding hydrogens is 338 g/mol. The number of anilines is 1. The summed E-state index contributed by atoms with van der Waals surface area (Å²) in [6.07, 6.45) is 1.58. The van der Waals surface area contributed by atoms with Gasteiger partial charge in [-0.3, -0.25) is 4.79 Å². The Morgan fingerprint density at radius 2 is 2.39 bits per heavy atom. The molecule has 4 nitrogen and oxygen atoms in total. The Kier molecular flexibility index (Phi) is 4.42. The Morgan fingerprint density at radius 1 is 1.61 bits per heavy atom. The Balaban J connectivity index is 2.18. The van der Waals surface area contributed by atoms with E-state index in [0.29, 0.717) is 18.8 Å². The summed E-state index contributed by atoms with van der Waals surface area (Å²) in [4.78, 5) is 12.9. The molecule has 0 aliphatic rings. The molecule has 0 amide bonds. The molecule has 0 aliphatic carbocycles. The van der Waals surface area contributed by atoms with Crippen molar-refractivity contribution in [3.63, 3.8) is 0 Å². The van der Waals surface area contributed by atoms with Gasteiger partial charge in [-0.25, -0.2) is 4.68 Å². The summed E-state index contributed by atoms with van der Waals surface area (Å²) in [7, 11) is 0. The van der Waals surface area contributed by atoms with E-state index in [0.717, 1.165) is 9.35 Å². The molecule has 0 fully saturated rings. The molecule has 0 unspecified atom stereocenters. The summed E-state index contributed by atoms with van der Waals surface area (Å²) in [5, 5.41) is 9.33. The molecule has 0 bridgehead atoms. The topological polar surface area (TPSA) is 46.9 Å². The molecule has 0 atom stereocenters. The van der Waals surface area contributed by atoms with Gasteiger partial charge in [0.25, 0.3) is 5.56 Å². The Morgan fingerprint density at radius 3 is 3.00 bits per heavy atom. The zero-order valence-electron chi connectivity index (χ0n) is 9.61. The third-order valence-electron chi connectivity index (χ3n) is 2.41. The number of nitrogens with one attached hydrogen (secondary N) is 1. The largest absolute Gasteiger partial charge is 0.377 e. The summed E-state index contributed by atoms with van der Waals surface area (Å²) in [5.41, 5.74) is 0.293. The van der Waals surface area contributed by atoms with E-state index in [1.807, 2.05) is 18.4 Å². The van der Waals surface area contributed by atoms with Crippen molar-refractivity contribution >= 4 is 44.6 Å². The number of hydrogen-bond donors (Lipinski definition) is 1. The van der Waals surface area contributed by atoms with Gasteiger partial charge in [-0.1, -0.05) is 11.6 Å². The van der Waals surface area contributed by atoms with Crippen molar-refractivity contribution in [1.29, 1.82) is 0 Å². The van der Waals surface area contributed by atoms with E-state index in [9.17, 15) is 4.79 Å². The minimum atomic E-state index is -0.269. The Labute approximate surface area is 122 Å². The maximum atomic E-state index is 11.8. The highest BCUT2D eigenvalue weighted by Crippen LogP contribution is 2.24. The van der Waals surface area contributed by atoms with E-state index in [1.165, 1.54) is 4.68 Å². The van der Waals surface area contributed by atoms with Gasteiger partial charge >= 0.3 is 0 Å². The van der Waals surface area contributed by atoms with Gasteiger partial charge in [0.2, 0.25) is 0 Å². The lowest BCUT2D eigenvalue weighted by Crippen LogP contribution is -2.23. The first-order valence-corrected chi connectivity index (χ1v) is 7.40. The molecule has 1 N–H and O–H groups in total. The number of nitrogens with zero attached hydrogens (tertiary/aromatic N) is 2. The van der Waals surface area contributed by atoms with E-state index in [2.05, 4.69) is 26.3 Å². The molecule has 18 heavy (non-hydrogen) atoms. The van der Waals surface area contributed by atoms with Crippen molar-refractivity contribution in [2.24, 2.45) is 0 Å². The first-order valence-electron chi connectivity index (χ1n) is 5.34. The van der Waals surface area contributed by atoms with Crippen molar-refractivity contribution in [3.8, 4) is 0 Å². The Hall–Kier alpha value is -0.850. The van der Waals surface area contributed by atoms with Crippen LogP contribution in [0, 0.1) is 0 Å². The second-order valence-corrected chi connectivity index (χ2v) is 5.77. The number of halogens is 2. The molecule has 0 radical (unpaired) electrons. The smallest absolute Gasteiger partial charge is 0.287 e. The fourth-order valence-electron chi connectivity index (χ4n) is 1.44. The molecule has 2 rings (SSSR count). The van der Waals surface area contributed by atoms with Crippen molar-refractivity contribution in [3.05, 3.63) is 42.4 Å². The van der Waals surface area contributed by atoms with Crippen LogP contribution in [0.1, 0.15) is 11.8 Å². The highest BCUT2D eigenvalue weighted by atomic mass is 79.9. The van der Waals surface area contributed by atoms with Crippen LogP contribution in [-0.2, 0) is 13.1 Å². The van der Waals surface area contributed by atoms with Gasteiger partial charge in [0.15, 0.2) is 0 Å². The fourth-order valence-corrected chi connectivity index (χ4v) is 3.09. The van der Waals surface area contributed by atoms with E-state index in [-0.39, 0.29) is 10.6 Å². The fraction of sp³-hybridized carbons (Fsp3) is 0.273. The predicted octanol–water partition coefficient (Wildman–Crippen LogP) is 3.35. The molecular formula is C11H11BrClN3OS. The molecule has 2 aromatic heterocycles. The molecule has 0 aromatic carbocycles. The number of aromatic nitrogens is 2. The summed E-state index contributed by atoms with van der Waals surface area (Å²) in [5.74, 6) is 0. The van der Waals surface area contributed by atoms with Gasteiger partial charge in [-0.05, 0) is 34.3 Å². The van der Waals surface area contributed by atoms with Crippen molar-refractivity contribution in [2.45, 2.75) is 20.0 Å².